The first-order valence-electron chi connectivity index (χ1n) is 13.6. The second-order valence-electron chi connectivity index (χ2n) is 11.1. The first-order chi connectivity index (χ1) is 18.4. The molecule has 10 nitrogen and oxygen atoms in total. The fraction of sp³-hybridized carbons (Fsp3) is 0.679. The number of Topliss-reactive ketones (excluding diaryl/α,β-unsaturated/α-hetero) is 2. The van der Waals surface area contributed by atoms with Crippen molar-refractivity contribution in [3.8, 4) is 0 Å². The molecule has 10 heteroatoms. The Labute approximate surface area is 223 Å². The van der Waals surface area contributed by atoms with Crippen molar-refractivity contribution in [3.05, 3.63) is 29.8 Å². The van der Waals surface area contributed by atoms with Crippen molar-refractivity contribution in [2.24, 2.45) is 11.8 Å². The molecule has 2 atom stereocenters. The van der Waals surface area contributed by atoms with E-state index in [0.29, 0.717) is 25.5 Å². The van der Waals surface area contributed by atoms with Gasteiger partial charge in [-0.15, -0.1) is 0 Å². The summed E-state index contributed by atoms with van der Waals surface area (Å²) in [6, 6.07) is 7.30. The highest BCUT2D eigenvalue weighted by atomic mass is 16.6. The van der Waals surface area contributed by atoms with E-state index in [1.165, 1.54) is 0 Å². The predicted octanol–water partition coefficient (Wildman–Crippen LogP) is 2.11. The van der Waals surface area contributed by atoms with Crippen molar-refractivity contribution in [2.45, 2.75) is 43.4 Å². The van der Waals surface area contributed by atoms with Crippen LogP contribution in [0.25, 0.3) is 0 Å². The number of nitrogens with one attached hydrogen (secondary N) is 1. The van der Waals surface area contributed by atoms with Crippen LogP contribution in [-0.4, -0.2) is 105 Å². The summed E-state index contributed by atoms with van der Waals surface area (Å²) < 4.78 is 22.4. The van der Waals surface area contributed by atoms with Crippen LogP contribution in [0.15, 0.2) is 24.3 Å². The minimum Gasteiger partial charge on any atom is -0.447 e. The molecule has 0 saturated carbocycles. The lowest BCUT2D eigenvalue weighted by Gasteiger charge is -2.52. The molecule has 6 saturated heterocycles. The van der Waals surface area contributed by atoms with Gasteiger partial charge in [-0.1, -0.05) is 12.1 Å². The number of methoxy groups -OCH3 is 2. The summed E-state index contributed by atoms with van der Waals surface area (Å²) in [5.74, 6) is 0.476. The molecule has 1 aromatic rings. The zero-order valence-corrected chi connectivity index (χ0v) is 22.4. The lowest BCUT2D eigenvalue weighted by atomic mass is 9.74. The molecule has 0 radical (unpaired) electrons. The van der Waals surface area contributed by atoms with E-state index in [4.69, 9.17) is 18.9 Å². The third-order valence-corrected chi connectivity index (χ3v) is 8.88. The zero-order chi connectivity index (χ0) is 26.8. The second-order valence-corrected chi connectivity index (χ2v) is 11.1. The monoisotopic (exact) mass is 529 g/mol. The Bertz CT molecular complexity index is 1020. The average Bonchev–Trinajstić information content (AvgIpc) is 2.94. The van der Waals surface area contributed by atoms with Gasteiger partial charge in [0.25, 0.3) is 0 Å². The molecule has 6 aliphatic rings. The average molecular weight is 530 g/mol. The van der Waals surface area contributed by atoms with Gasteiger partial charge in [-0.25, -0.2) is 4.79 Å². The number of ketones is 2. The Kier molecular flexibility index (Phi) is 8.16. The molecular weight excluding hydrogens is 490 g/mol. The normalized spacial score (nSPS) is 33.9. The van der Waals surface area contributed by atoms with E-state index < -0.39 is 17.2 Å². The summed E-state index contributed by atoms with van der Waals surface area (Å²) in [4.78, 5) is 43.0. The van der Waals surface area contributed by atoms with Crippen molar-refractivity contribution < 1.29 is 33.3 Å². The van der Waals surface area contributed by atoms with Crippen LogP contribution in [0.3, 0.4) is 0 Å². The largest absolute Gasteiger partial charge is 0.447 e. The third-order valence-electron chi connectivity index (χ3n) is 8.88. The number of benzene rings is 1. The van der Waals surface area contributed by atoms with Gasteiger partial charge in [0.1, 0.15) is 17.7 Å². The quantitative estimate of drug-likeness (QED) is 0.461. The summed E-state index contributed by atoms with van der Waals surface area (Å²) in [7, 11) is 3.19. The van der Waals surface area contributed by atoms with E-state index in [9.17, 15) is 14.4 Å². The third kappa shape index (κ3) is 5.00. The first-order valence-corrected chi connectivity index (χ1v) is 13.6. The predicted molar refractivity (Wildman–Crippen MR) is 139 cm³/mol. The second kappa shape index (κ2) is 11.4. The fourth-order valence-electron chi connectivity index (χ4n) is 6.78. The molecule has 38 heavy (non-hydrogen) atoms. The molecule has 0 spiro atoms. The van der Waals surface area contributed by atoms with Gasteiger partial charge in [0.2, 0.25) is 0 Å². The summed E-state index contributed by atoms with van der Waals surface area (Å²) in [6.45, 7) is 4.58. The molecule has 1 N–H and O–H groups in total. The van der Waals surface area contributed by atoms with Crippen molar-refractivity contribution in [2.75, 3.05) is 72.1 Å². The number of hydrogen-bond donors (Lipinski definition) is 1. The number of anilines is 1. The van der Waals surface area contributed by atoms with Gasteiger partial charge in [-0.05, 0) is 56.5 Å². The Morgan fingerprint density at radius 1 is 0.816 bits per heavy atom. The highest BCUT2D eigenvalue weighted by Gasteiger charge is 2.54. The molecule has 6 heterocycles. The lowest BCUT2D eigenvalue weighted by Crippen LogP contribution is -2.69. The topological polar surface area (TPSA) is 107 Å². The smallest absolute Gasteiger partial charge is 0.411 e. The molecule has 0 aliphatic carbocycles. The number of ether oxygens (including phenoxy) is 4. The maximum Gasteiger partial charge on any atom is 0.411 e. The van der Waals surface area contributed by atoms with Crippen LogP contribution in [-0.2, 0) is 35.1 Å². The maximum atomic E-state index is 13.1. The molecule has 6 fully saturated rings. The highest BCUT2D eigenvalue weighted by Crippen LogP contribution is 2.38. The van der Waals surface area contributed by atoms with Crippen LogP contribution in [0.2, 0.25) is 0 Å². The summed E-state index contributed by atoms with van der Waals surface area (Å²) in [5, 5.41) is 2.74. The van der Waals surface area contributed by atoms with Crippen molar-refractivity contribution in [1.82, 2.24) is 9.80 Å². The molecule has 6 aliphatic heterocycles. The number of amides is 1. The Morgan fingerprint density at radius 2 is 1.32 bits per heavy atom. The van der Waals surface area contributed by atoms with Gasteiger partial charge < -0.3 is 18.9 Å². The molecule has 7 rings (SSSR count). The number of nitrogens with zero attached hydrogens (tertiary/aromatic N) is 2. The fourth-order valence-corrected chi connectivity index (χ4v) is 6.78. The van der Waals surface area contributed by atoms with Gasteiger partial charge in [-0.2, -0.15) is 0 Å². The number of piperidine rings is 6. The minimum absolute atomic E-state index is 0.0181. The molecule has 1 aromatic carbocycles. The van der Waals surface area contributed by atoms with Gasteiger partial charge in [0, 0.05) is 44.8 Å². The van der Waals surface area contributed by atoms with E-state index in [1.54, 1.807) is 26.4 Å². The first kappa shape index (κ1) is 27.2. The van der Waals surface area contributed by atoms with Crippen LogP contribution >= 0.6 is 0 Å². The molecule has 4 bridgehead atoms. The van der Waals surface area contributed by atoms with Gasteiger partial charge in [0.05, 0.1) is 26.4 Å². The van der Waals surface area contributed by atoms with Crippen LogP contribution in [0.5, 0.6) is 0 Å². The van der Waals surface area contributed by atoms with Crippen molar-refractivity contribution in [3.63, 3.8) is 0 Å². The van der Waals surface area contributed by atoms with Crippen LogP contribution in [0, 0.1) is 11.8 Å². The van der Waals surface area contributed by atoms with Crippen LogP contribution < -0.4 is 5.32 Å². The Hall–Kier alpha value is -2.37. The number of rotatable bonds is 11. The van der Waals surface area contributed by atoms with E-state index in [2.05, 4.69) is 15.1 Å². The Morgan fingerprint density at radius 3 is 1.79 bits per heavy atom. The van der Waals surface area contributed by atoms with E-state index in [1.807, 2.05) is 12.1 Å². The van der Waals surface area contributed by atoms with Crippen molar-refractivity contribution >= 4 is 23.3 Å². The SMILES string of the molecule is COCC1(COCc2ccc(NC(=O)OCC3(COC)C(=O)C4CCN3CC4)cc2)C(=O)C2CCN1CC2. The zero-order valence-electron chi connectivity index (χ0n) is 22.4. The van der Waals surface area contributed by atoms with E-state index >= 15 is 0 Å². The lowest BCUT2D eigenvalue weighted by molar-refractivity contribution is -0.161. The van der Waals surface area contributed by atoms with Crippen LogP contribution in [0.4, 0.5) is 10.5 Å². The highest BCUT2D eigenvalue weighted by molar-refractivity contribution is 5.93. The molecular formula is C28H39N3O7. The van der Waals surface area contributed by atoms with E-state index in [-0.39, 0.29) is 36.6 Å². The Balaban J connectivity index is 1.12. The summed E-state index contributed by atoms with van der Waals surface area (Å²) >= 11 is 0. The molecule has 1 amide bonds. The summed E-state index contributed by atoms with van der Waals surface area (Å²) in [5.41, 5.74) is -0.0877. The van der Waals surface area contributed by atoms with E-state index in [0.717, 1.165) is 57.4 Å². The molecule has 2 unspecified atom stereocenters. The number of carbonyl (C=O) groups excluding carboxylic acids is 3. The van der Waals surface area contributed by atoms with Gasteiger partial charge in [-0.3, -0.25) is 24.7 Å². The van der Waals surface area contributed by atoms with Crippen LogP contribution in [0.1, 0.15) is 31.2 Å². The molecule has 0 aromatic heterocycles. The number of carbonyl (C=O) groups is 3. The number of fused-ring (bicyclic) bond motifs is 6. The minimum atomic E-state index is -0.898. The molecule has 208 valence electrons. The van der Waals surface area contributed by atoms with Gasteiger partial charge in [0.15, 0.2) is 11.6 Å². The standard InChI is InChI=1S/C28H39N3O7/c1-35-16-27(24(32)21-7-11-30(27)12-8-21)18-37-15-20-3-5-23(6-4-20)29-26(34)38-19-28(17-36-2)25(33)22-9-13-31(28)14-10-22/h3-6,21-22H,7-19H2,1-2H3,(H,29,34). The summed E-state index contributed by atoms with van der Waals surface area (Å²) in [6.07, 6.45) is 2.94. The van der Waals surface area contributed by atoms with Crippen molar-refractivity contribution in [1.29, 1.82) is 0 Å². The van der Waals surface area contributed by atoms with Gasteiger partial charge >= 0.3 is 6.09 Å². The maximum absolute atomic E-state index is 13.1. The number of hydrogen-bond acceptors (Lipinski definition) is 9.